The average molecular weight is 782 g/mol. The summed E-state index contributed by atoms with van der Waals surface area (Å²) in [4.78, 5) is 59.3. The van der Waals surface area contributed by atoms with E-state index < -0.39 is 52.0 Å². The Morgan fingerprint density at radius 2 is 1.83 bits per heavy atom. The molecule has 17 heteroatoms. The Kier molecular flexibility index (Phi) is 13.5. The summed E-state index contributed by atoms with van der Waals surface area (Å²) < 4.78 is 29.4. The zero-order chi connectivity index (χ0) is 39.0. The van der Waals surface area contributed by atoms with Gasteiger partial charge in [-0.2, -0.15) is 4.31 Å². The van der Waals surface area contributed by atoms with Crippen molar-refractivity contribution in [3.05, 3.63) is 76.8 Å². The first-order valence-corrected chi connectivity index (χ1v) is 20.3. The Morgan fingerprint density at radius 1 is 1.13 bits per heavy atom. The maximum Gasteiger partial charge on any atom is 0.328 e. The van der Waals surface area contributed by atoms with E-state index in [0.29, 0.717) is 22.8 Å². The van der Waals surface area contributed by atoms with Crippen LogP contribution in [0.5, 0.6) is 0 Å². The molecule has 3 aromatic rings. The van der Waals surface area contributed by atoms with Gasteiger partial charge in [-0.25, -0.2) is 18.2 Å². The topological polar surface area (TPSA) is 202 Å². The molecule has 2 aliphatic rings. The Morgan fingerprint density at radius 3 is 2.44 bits per heavy atom. The van der Waals surface area contributed by atoms with Crippen LogP contribution in [0.2, 0.25) is 0 Å². The van der Waals surface area contributed by atoms with Crippen LogP contribution in [-0.4, -0.2) is 106 Å². The minimum atomic E-state index is -4.10. The second kappa shape index (κ2) is 18.1. The first-order valence-electron chi connectivity index (χ1n) is 17.9. The summed E-state index contributed by atoms with van der Waals surface area (Å²) in [5, 5.41) is 31.2. The fourth-order valence-electron chi connectivity index (χ4n) is 6.54. The van der Waals surface area contributed by atoms with Crippen molar-refractivity contribution in [3.8, 4) is 0 Å². The molecule has 15 nitrogen and oxygen atoms in total. The molecule has 1 aliphatic heterocycles. The van der Waals surface area contributed by atoms with Crippen molar-refractivity contribution in [2.45, 2.75) is 82.5 Å². The number of oxime groups is 1. The molecule has 54 heavy (non-hydrogen) atoms. The van der Waals surface area contributed by atoms with Crippen LogP contribution in [0.4, 0.5) is 9.93 Å². The van der Waals surface area contributed by atoms with E-state index in [1.807, 2.05) is 37.3 Å². The van der Waals surface area contributed by atoms with Crippen molar-refractivity contribution in [2.24, 2.45) is 17.0 Å². The van der Waals surface area contributed by atoms with Crippen LogP contribution in [0.25, 0.3) is 0 Å². The van der Waals surface area contributed by atoms with Gasteiger partial charge in [0.05, 0.1) is 35.5 Å². The summed E-state index contributed by atoms with van der Waals surface area (Å²) in [6.45, 7) is 4.41. The molecular weight excluding hydrogens is 735 g/mol. The first kappa shape index (κ1) is 40.5. The van der Waals surface area contributed by atoms with E-state index in [0.717, 1.165) is 41.1 Å². The van der Waals surface area contributed by atoms with Crippen molar-refractivity contribution in [1.29, 1.82) is 0 Å². The molecule has 1 saturated heterocycles. The molecule has 1 aliphatic carbocycles. The van der Waals surface area contributed by atoms with Crippen molar-refractivity contribution in [2.75, 3.05) is 25.0 Å². The molecule has 2 aromatic carbocycles. The van der Waals surface area contributed by atoms with Gasteiger partial charge in [-0.15, -0.1) is 11.3 Å². The highest BCUT2D eigenvalue weighted by molar-refractivity contribution is 7.89. The molecule has 0 spiro atoms. The molecule has 0 bridgehead atoms. The first-order chi connectivity index (χ1) is 25.8. The molecule has 0 unspecified atom stereocenters. The summed E-state index contributed by atoms with van der Waals surface area (Å²) in [6, 6.07) is 12.3. The van der Waals surface area contributed by atoms with Crippen molar-refractivity contribution in [3.63, 3.8) is 0 Å². The van der Waals surface area contributed by atoms with Crippen LogP contribution in [0.3, 0.4) is 0 Å². The number of amides is 5. The predicted octanol–water partition coefficient (Wildman–Crippen LogP) is 3.67. The van der Waals surface area contributed by atoms with Crippen LogP contribution >= 0.6 is 11.3 Å². The Labute approximate surface area is 319 Å². The number of carbonyl (C=O) groups is 4. The van der Waals surface area contributed by atoms with Gasteiger partial charge >= 0.3 is 6.03 Å². The molecule has 5 rings (SSSR count). The van der Waals surface area contributed by atoms with E-state index in [2.05, 4.69) is 20.8 Å². The second-order valence-electron chi connectivity index (χ2n) is 13.9. The normalized spacial score (nSPS) is 17.4. The third-order valence-electron chi connectivity index (χ3n) is 9.92. The van der Waals surface area contributed by atoms with E-state index in [4.69, 9.17) is 5.21 Å². The SMILES string of the molecule is CC[C@H](C)[C@@H](C(=O)N[C@@H](Cc1ccccc1)[C@H](O)CN(CC1CCC1)S(=O)(=O)c1ccc(C=NO)cc1)N1CC(=O)N(Cc2csc(NC(C)=O)n2)C1=O. The number of nitrogens with zero attached hydrogens (tertiary/aromatic N) is 5. The Hall–Kier alpha value is -4.71. The number of aromatic nitrogens is 1. The largest absolute Gasteiger partial charge is 0.411 e. The van der Waals surface area contributed by atoms with Crippen LogP contribution in [-0.2, 0) is 37.4 Å². The maximum absolute atomic E-state index is 14.3. The number of imide groups is 1. The summed E-state index contributed by atoms with van der Waals surface area (Å²) in [5.74, 6) is -1.67. The lowest BCUT2D eigenvalue weighted by atomic mass is 9.85. The van der Waals surface area contributed by atoms with E-state index in [1.165, 1.54) is 46.6 Å². The van der Waals surface area contributed by atoms with Gasteiger partial charge in [0.2, 0.25) is 21.8 Å². The summed E-state index contributed by atoms with van der Waals surface area (Å²) in [6.07, 6.45) is 3.16. The zero-order valence-corrected chi connectivity index (χ0v) is 32.1. The molecule has 4 atom stereocenters. The van der Waals surface area contributed by atoms with Gasteiger partial charge in [0.25, 0.3) is 5.91 Å². The van der Waals surface area contributed by atoms with E-state index in [9.17, 15) is 32.7 Å². The predicted molar refractivity (Wildman–Crippen MR) is 202 cm³/mol. The van der Waals surface area contributed by atoms with Crippen LogP contribution in [0, 0.1) is 11.8 Å². The lowest BCUT2D eigenvalue weighted by molar-refractivity contribution is -0.129. The molecule has 1 saturated carbocycles. The van der Waals surface area contributed by atoms with Gasteiger partial charge in [-0.1, -0.05) is 74.3 Å². The Bertz CT molecular complexity index is 1920. The standard InChI is InChI=1S/C37H47N7O8S2/c1-4-24(2)34(44-22-33(47)43(37(44)49)20-29-23-53-36(40-29)39-25(3)45)35(48)41-31(17-26-9-6-5-7-10-26)32(46)21-42(19-28-11-8-12-28)54(51,52)30-15-13-27(14-16-30)18-38-50/h5-7,9-10,13-16,18,23-24,28,31-32,34,46,50H,4,8,11-12,17,19-22H2,1-3H3,(H,41,48)(H,39,40,45)/t24-,31-,32+,34-/m0/s1. The third kappa shape index (κ3) is 9.88. The lowest BCUT2D eigenvalue weighted by Crippen LogP contribution is -2.57. The quantitative estimate of drug-likeness (QED) is 0.0643. The molecule has 2 fully saturated rings. The van der Waals surface area contributed by atoms with Gasteiger partial charge < -0.3 is 25.8 Å². The van der Waals surface area contributed by atoms with Crippen LogP contribution in [0.15, 0.2) is 70.0 Å². The number of sulfonamides is 1. The zero-order valence-electron chi connectivity index (χ0n) is 30.5. The smallest absolute Gasteiger partial charge is 0.328 e. The fourth-order valence-corrected chi connectivity index (χ4v) is 8.83. The number of anilines is 1. The van der Waals surface area contributed by atoms with E-state index in [1.54, 1.807) is 12.3 Å². The van der Waals surface area contributed by atoms with Gasteiger partial charge in [0.1, 0.15) is 12.6 Å². The summed E-state index contributed by atoms with van der Waals surface area (Å²) in [7, 11) is -4.10. The van der Waals surface area contributed by atoms with Crippen LogP contribution in [0.1, 0.15) is 63.3 Å². The average Bonchev–Trinajstić information content (AvgIpc) is 3.67. The number of urea groups is 1. The third-order valence-corrected chi connectivity index (χ3v) is 12.6. The number of nitrogens with one attached hydrogen (secondary N) is 2. The molecule has 4 N–H and O–H groups in total. The molecule has 2 heterocycles. The maximum atomic E-state index is 14.3. The number of benzene rings is 2. The van der Waals surface area contributed by atoms with Crippen molar-refractivity contribution < 1.29 is 37.9 Å². The van der Waals surface area contributed by atoms with Gasteiger partial charge in [-0.3, -0.25) is 19.3 Å². The Balaban J connectivity index is 1.38. The molecule has 290 valence electrons. The number of aliphatic hydroxyl groups excluding tert-OH is 1. The fraction of sp³-hybridized carbons (Fsp3) is 0.459. The highest BCUT2D eigenvalue weighted by Gasteiger charge is 2.45. The van der Waals surface area contributed by atoms with Gasteiger partial charge in [-0.05, 0) is 54.4 Å². The molecule has 1 aromatic heterocycles. The van der Waals surface area contributed by atoms with Gasteiger partial charge in [0.15, 0.2) is 5.13 Å². The number of thiazole rings is 1. The minimum absolute atomic E-state index is 0.00958. The van der Waals surface area contributed by atoms with Crippen molar-refractivity contribution in [1.82, 2.24) is 24.4 Å². The molecule has 5 amide bonds. The summed E-state index contributed by atoms with van der Waals surface area (Å²) >= 11 is 1.16. The monoisotopic (exact) mass is 781 g/mol. The van der Waals surface area contributed by atoms with E-state index >= 15 is 0 Å². The highest BCUT2D eigenvalue weighted by atomic mass is 32.2. The second-order valence-corrected chi connectivity index (χ2v) is 16.6. The number of rotatable bonds is 18. The summed E-state index contributed by atoms with van der Waals surface area (Å²) in [5.41, 5.74) is 1.69. The molecular formula is C37H47N7O8S2. The minimum Gasteiger partial charge on any atom is -0.411 e. The number of hydrogen-bond acceptors (Lipinski definition) is 11. The van der Waals surface area contributed by atoms with Crippen LogP contribution < -0.4 is 10.6 Å². The number of hydrogen-bond donors (Lipinski definition) is 4. The van der Waals surface area contributed by atoms with Crippen molar-refractivity contribution >= 4 is 56.5 Å². The van der Waals surface area contributed by atoms with E-state index in [-0.39, 0.29) is 49.3 Å². The lowest BCUT2D eigenvalue weighted by Gasteiger charge is -2.36. The number of carbonyl (C=O) groups excluding carboxylic acids is 4. The molecule has 0 radical (unpaired) electrons. The highest BCUT2D eigenvalue weighted by Crippen LogP contribution is 2.30. The number of aliphatic hydroxyl groups is 1. The van der Waals surface area contributed by atoms with Gasteiger partial charge in [0, 0.05) is 25.4 Å².